The van der Waals surface area contributed by atoms with Crippen LogP contribution in [0.3, 0.4) is 0 Å². The third-order valence-electron chi connectivity index (χ3n) is 3.61. The summed E-state index contributed by atoms with van der Waals surface area (Å²) in [5.74, 6) is 0. The highest BCUT2D eigenvalue weighted by atomic mass is 19.3. The molecule has 1 aromatic rings. The molecule has 1 aromatic carbocycles. The molecule has 0 bridgehead atoms. The number of aryl methyl sites for hydroxylation is 1. The van der Waals surface area contributed by atoms with E-state index >= 15 is 0 Å². The van der Waals surface area contributed by atoms with E-state index in [1.165, 1.54) is 5.56 Å². The fraction of sp³-hybridized carbons (Fsp3) is 0.571. The maximum atomic E-state index is 13.3. The van der Waals surface area contributed by atoms with Crippen molar-refractivity contribution in [3.05, 3.63) is 35.4 Å². The van der Waals surface area contributed by atoms with Gasteiger partial charge in [0, 0.05) is 0 Å². The van der Waals surface area contributed by atoms with Crippen LogP contribution in [0.2, 0.25) is 0 Å². The van der Waals surface area contributed by atoms with E-state index in [-0.39, 0.29) is 0 Å². The van der Waals surface area contributed by atoms with Gasteiger partial charge in [-0.15, -0.1) is 0 Å². The van der Waals surface area contributed by atoms with Crippen LogP contribution in [0, 0.1) is 0 Å². The molecular formula is C14H19F2N. The number of halogens is 2. The van der Waals surface area contributed by atoms with E-state index in [1.54, 1.807) is 0 Å². The molecule has 17 heavy (non-hydrogen) atoms. The zero-order chi connectivity index (χ0) is 12.3. The van der Waals surface area contributed by atoms with Gasteiger partial charge in [0.15, 0.2) is 0 Å². The standard InChI is InChI=1S/C14H19F2N/c1-2-9-17-14(13(15)16)8-7-11-5-3-4-6-12(11)10-14/h3-6,13,17H,2,7-10H2,1H3. The molecule has 0 saturated heterocycles. The van der Waals surface area contributed by atoms with Crippen molar-refractivity contribution in [1.82, 2.24) is 5.32 Å². The Labute approximate surface area is 101 Å². The van der Waals surface area contributed by atoms with Crippen molar-refractivity contribution in [3.8, 4) is 0 Å². The highest BCUT2D eigenvalue weighted by molar-refractivity contribution is 5.32. The summed E-state index contributed by atoms with van der Waals surface area (Å²) < 4.78 is 26.7. The highest BCUT2D eigenvalue weighted by Gasteiger charge is 2.41. The van der Waals surface area contributed by atoms with Crippen LogP contribution < -0.4 is 5.32 Å². The summed E-state index contributed by atoms with van der Waals surface area (Å²) in [6.07, 6.45) is 0.304. The molecule has 0 aliphatic heterocycles. The molecule has 0 aromatic heterocycles. The highest BCUT2D eigenvalue weighted by Crippen LogP contribution is 2.33. The van der Waals surface area contributed by atoms with Crippen LogP contribution in [0.25, 0.3) is 0 Å². The summed E-state index contributed by atoms with van der Waals surface area (Å²) in [5, 5.41) is 3.08. The molecular weight excluding hydrogens is 220 g/mol. The van der Waals surface area contributed by atoms with Crippen molar-refractivity contribution >= 4 is 0 Å². The minimum atomic E-state index is -2.30. The van der Waals surface area contributed by atoms with E-state index in [0.29, 0.717) is 19.4 Å². The molecule has 0 radical (unpaired) electrons. The molecule has 1 N–H and O–H groups in total. The second kappa shape index (κ2) is 5.13. The fourth-order valence-corrected chi connectivity index (χ4v) is 2.55. The number of nitrogens with one attached hydrogen (secondary N) is 1. The number of alkyl halides is 2. The molecule has 3 heteroatoms. The minimum Gasteiger partial charge on any atom is -0.306 e. The molecule has 1 atom stereocenters. The Kier molecular flexibility index (Phi) is 3.77. The topological polar surface area (TPSA) is 12.0 Å². The average molecular weight is 239 g/mol. The quantitative estimate of drug-likeness (QED) is 0.851. The Hall–Kier alpha value is -0.960. The second-order valence-electron chi connectivity index (χ2n) is 4.83. The van der Waals surface area contributed by atoms with Crippen molar-refractivity contribution in [2.24, 2.45) is 0 Å². The lowest BCUT2D eigenvalue weighted by atomic mass is 9.78. The summed E-state index contributed by atoms with van der Waals surface area (Å²) >= 11 is 0. The van der Waals surface area contributed by atoms with Gasteiger partial charge in [0.2, 0.25) is 0 Å². The predicted molar refractivity (Wildman–Crippen MR) is 65.5 cm³/mol. The van der Waals surface area contributed by atoms with Gasteiger partial charge in [-0.05, 0) is 43.4 Å². The molecule has 1 aliphatic carbocycles. The SMILES string of the molecule is CCCNC1(C(F)F)CCc2ccccc2C1. The van der Waals surface area contributed by atoms with E-state index in [0.717, 1.165) is 18.4 Å². The molecule has 0 fully saturated rings. The first-order valence-electron chi connectivity index (χ1n) is 6.28. The largest absolute Gasteiger partial charge is 0.306 e. The molecule has 1 aliphatic rings. The number of rotatable bonds is 4. The summed E-state index contributed by atoms with van der Waals surface area (Å²) in [4.78, 5) is 0. The summed E-state index contributed by atoms with van der Waals surface area (Å²) in [6, 6.07) is 7.93. The molecule has 2 rings (SSSR count). The number of fused-ring (bicyclic) bond motifs is 1. The summed E-state index contributed by atoms with van der Waals surface area (Å²) in [6.45, 7) is 2.66. The number of hydrogen-bond acceptors (Lipinski definition) is 1. The van der Waals surface area contributed by atoms with Crippen LogP contribution in [0.5, 0.6) is 0 Å². The van der Waals surface area contributed by atoms with Gasteiger partial charge >= 0.3 is 0 Å². The van der Waals surface area contributed by atoms with Gasteiger partial charge in [0.25, 0.3) is 6.43 Å². The van der Waals surface area contributed by atoms with Crippen LogP contribution in [0.1, 0.15) is 30.9 Å². The molecule has 94 valence electrons. The van der Waals surface area contributed by atoms with E-state index in [2.05, 4.69) is 5.32 Å². The van der Waals surface area contributed by atoms with Crippen LogP contribution >= 0.6 is 0 Å². The lowest BCUT2D eigenvalue weighted by molar-refractivity contribution is 0.0209. The second-order valence-corrected chi connectivity index (χ2v) is 4.83. The molecule has 0 spiro atoms. The maximum absolute atomic E-state index is 13.3. The number of benzene rings is 1. The van der Waals surface area contributed by atoms with Gasteiger partial charge in [-0.25, -0.2) is 8.78 Å². The third kappa shape index (κ3) is 2.49. The molecule has 1 nitrogen and oxygen atoms in total. The average Bonchev–Trinajstić information content (AvgIpc) is 2.36. The van der Waals surface area contributed by atoms with Crippen molar-refractivity contribution in [2.45, 2.75) is 44.6 Å². The van der Waals surface area contributed by atoms with Gasteiger partial charge in [0.05, 0.1) is 5.54 Å². The first kappa shape index (κ1) is 12.5. The summed E-state index contributed by atoms with van der Waals surface area (Å²) in [5.41, 5.74) is 1.29. The molecule has 0 heterocycles. The van der Waals surface area contributed by atoms with E-state index < -0.39 is 12.0 Å². The van der Waals surface area contributed by atoms with Gasteiger partial charge in [-0.1, -0.05) is 31.2 Å². The van der Waals surface area contributed by atoms with Gasteiger partial charge in [-0.3, -0.25) is 0 Å². The van der Waals surface area contributed by atoms with Crippen molar-refractivity contribution in [2.75, 3.05) is 6.54 Å². The van der Waals surface area contributed by atoms with Crippen molar-refractivity contribution < 1.29 is 8.78 Å². The lowest BCUT2D eigenvalue weighted by Gasteiger charge is -2.38. The third-order valence-corrected chi connectivity index (χ3v) is 3.61. The first-order valence-corrected chi connectivity index (χ1v) is 6.28. The van der Waals surface area contributed by atoms with Gasteiger partial charge < -0.3 is 5.32 Å². The van der Waals surface area contributed by atoms with Crippen LogP contribution in [-0.4, -0.2) is 18.5 Å². The lowest BCUT2D eigenvalue weighted by Crippen LogP contribution is -2.55. The van der Waals surface area contributed by atoms with Crippen LogP contribution in [-0.2, 0) is 12.8 Å². The predicted octanol–water partition coefficient (Wildman–Crippen LogP) is 3.18. The Morgan fingerprint density at radius 1 is 1.29 bits per heavy atom. The monoisotopic (exact) mass is 239 g/mol. The number of hydrogen-bond donors (Lipinski definition) is 1. The zero-order valence-corrected chi connectivity index (χ0v) is 10.2. The summed E-state index contributed by atoms with van der Waals surface area (Å²) in [7, 11) is 0. The van der Waals surface area contributed by atoms with Crippen molar-refractivity contribution in [3.63, 3.8) is 0 Å². The zero-order valence-electron chi connectivity index (χ0n) is 10.2. The molecule has 1 unspecified atom stereocenters. The maximum Gasteiger partial charge on any atom is 0.256 e. The van der Waals surface area contributed by atoms with Crippen LogP contribution in [0.4, 0.5) is 8.78 Å². The Balaban J connectivity index is 2.21. The van der Waals surface area contributed by atoms with Crippen LogP contribution in [0.15, 0.2) is 24.3 Å². The fourth-order valence-electron chi connectivity index (χ4n) is 2.55. The minimum absolute atomic E-state index is 0.445. The van der Waals surface area contributed by atoms with E-state index in [4.69, 9.17) is 0 Å². The van der Waals surface area contributed by atoms with Crippen molar-refractivity contribution in [1.29, 1.82) is 0 Å². The Morgan fingerprint density at radius 3 is 2.65 bits per heavy atom. The Bertz CT molecular complexity index is 378. The molecule has 0 amide bonds. The molecule has 0 saturated carbocycles. The normalized spacial score (nSPS) is 23.8. The smallest absolute Gasteiger partial charge is 0.256 e. The van der Waals surface area contributed by atoms with E-state index in [9.17, 15) is 8.78 Å². The Morgan fingerprint density at radius 2 is 2.00 bits per heavy atom. The van der Waals surface area contributed by atoms with E-state index in [1.807, 2.05) is 31.2 Å². The first-order chi connectivity index (χ1) is 8.18. The van der Waals surface area contributed by atoms with Gasteiger partial charge in [-0.2, -0.15) is 0 Å². The van der Waals surface area contributed by atoms with Gasteiger partial charge in [0.1, 0.15) is 0 Å².